The molecule has 1 saturated heterocycles. The van der Waals surface area contributed by atoms with Crippen LogP contribution in [0.25, 0.3) is 0 Å². The molecule has 2 aromatic rings. The molecule has 8 heteroatoms. The number of piperidine rings is 1. The third kappa shape index (κ3) is 9.19. The SMILES string of the molecule is CNCC(CC(C)C)NC(=O)N1CCCC(C(O)(CCCCOC)c2cccc(Oc3ccc(F)cc3)c2)C1. The maximum absolute atomic E-state index is 13.3. The van der Waals surface area contributed by atoms with E-state index in [0.717, 1.165) is 37.7 Å². The summed E-state index contributed by atoms with van der Waals surface area (Å²) in [6.07, 6.45) is 4.71. The van der Waals surface area contributed by atoms with Gasteiger partial charge in [0.2, 0.25) is 0 Å². The average molecular weight is 544 g/mol. The maximum atomic E-state index is 13.3. The number of benzene rings is 2. The van der Waals surface area contributed by atoms with Gasteiger partial charge in [-0.25, -0.2) is 9.18 Å². The number of halogens is 1. The molecule has 216 valence electrons. The third-order valence-electron chi connectivity index (χ3n) is 7.46. The van der Waals surface area contributed by atoms with E-state index in [2.05, 4.69) is 24.5 Å². The van der Waals surface area contributed by atoms with Crippen molar-refractivity contribution in [3.05, 3.63) is 59.9 Å². The first-order valence-corrected chi connectivity index (χ1v) is 14.2. The molecule has 3 unspecified atom stereocenters. The molecule has 2 amide bonds. The molecule has 0 saturated carbocycles. The van der Waals surface area contributed by atoms with Crippen molar-refractivity contribution in [2.75, 3.05) is 40.4 Å². The molecule has 39 heavy (non-hydrogen) atoms. The molecule has 3 N–H and O–H groups in total. The molecule has 3 atom stereocenters. The van der Waals surface area contributed by atoms with Crippen LogP contribution in [0.4, 0.5) is 9.18 Å². The van der Waals surface area contributed by atoms with E-state index >= 15 is 0 Å². The van der Waals surface area contributed by atoms with Crippen LogP contribution < -0.4 is 15.4 Å². The van der Waals surface area contributed by atoms with Crippen molar-refractivity contribution in [3.8, 4) is 11.5 Å². The Morgan fingerprint density at radius 2 is 1.95 bits per heavy atom. The number of carbonyl (C=O) groups is 1. The van der Waals surface area contributed by atoms with E-state index in [9.17, 15) is 14.3 Å². The van der Waals surface area contributed by atoms with Crippen LogP contribution in [0.3, 0.4) is 0 Å². The number of aliphatic hydroxyl groups is 1. The summed E-state index contributed by atoms with van der Waals surface area (Å²) in [7, 11) is 3.58. The molecular formula is C31H46FN3O4. The minimum Gasteiger partial charge on any atom is -0.457 e. The van der Waals surface area contributed by atoms with E-state index in [1.807, 2.05) is 36.2 Å². The van der Waals surface area contributed by atoms with Gasteiger partial charge in [0, 0.05) is 45.3 Å². The summed E-state index contributed by atoms with van der Waals surface area (Å²) in [5, 5.41) is 18.7. The summed E-state index contributed by atoms with van der Waals surface area (Å²) in [5.74, 6) is 1.11. The number of hydrogen-bond acceptors (Lipinski definition) is 5. The fourth-order valence-corrected chi connectivity index (χ4v) is 5.52. The highest BCUT2D eigenvalue weighted by Gasteiger charge is 2.41. The number of rotatable bonds is 14. The molecule has 0 aliphatic carbocycles. The first-order chi connectivity index (χ1) is 18.7. The highest BCUT2D eigenvalue weighted by molar-refractivity contribution is 5.74. The number of likely N-dealkylation sites (tertiary alicyclic amines) is 1. The van der Waals surface area contributed by atoms with Crippen LogP contribution in [0.15, 0.2) is 48.5 Å². The van der Waals surface area contributed by atoms with Crippen molar-refractivity contribution >= 4 is 6.03 Å². The second kappa shape index (κ2) is 15.2. The topological polar surface area (TPSA) is 83.1 Å². The van der Waals surface area contributed by atoms with Crippen molar-refractivity contribution in [2.24, 2.45) is 11.8 Å². The molecule has 1 fully saturated rings. The summed E-state index contributed by atoms with van der Waals surface area (Å²) in [4.78, 5) is 15.2. The zero-order valence-electron chi connectivity index (χ0n) is 23.9. The minimum atomic E-state index is -1.14. The van der Waals surface area contributed by atoms with Gasteiger partial charge in [-0.1, -0.05) is 26.0 Å². The van der Waals surface area contributed by atoms with Gasteiger partial charge < -0.3 is 30.1 Å². The summed E-state index contributed by atoms with van der Waals surface area (Å²) in [6.45, 7) is 6.80. The molecule has 1 aliphatic rings. The molecular weight excluding hydrogens is 497 g/mol. The number of urea groups is 1. The molecule has 0 spiro atoms. The predicted molar refractivity (Wildman–Crippen MR) is 153 cm³/mol. The number of nitrogens with one attached hydrogen (secondary N) is 2. The van der Waals surface area contributed by atoms with Gasteiger partial charge in [-0.2, -0.15) is 0 Å². The highest BCUT2D eigenvalue weighted by atomic mass is 19.1. The summed E-state index contributed by atoms with van der Waals surface area (Å²) < 4.78 is 24.6. The van der Waals surface area contributed by atoms with Crippen LogP contribution in [-0.4, -0.2) is 62.5 Å². The second-order valence-corrected chi connectivity index (χ2v) is 11.1. The Bertz CT molecular complexity index is 1020. The summed E-state index contributed by atoms with van der Waals surface area (Å²) >= 11 is 0. The van der Waals surface area contributed by atoms with Crippen molar-refractivity contribution in [2.45, 2.75) is 64.0 Å². The monoisotopic (exact) mass is 543 g/mol. The highest BCUT2D eigenvalue weighted by Crippen LogP contribution is 2.41. The van der Waals surface area contributed by atoms with Crippen LogP contribution >= 0.6 is 0 Å². The zero-order chi connectivity index (χ0) is 28.3. The van der Waals surface area contributed by atoms with E-state index in [-0.39, 0.29) is 23.8 Å². The fraction of sp³-hybridized carbons (Fsp3) is 0.581. The van der Waals surface area contributed by atoms with Crippen LogP contribution in [0.1, 0.15) is 57.9 Å². The quantitative estimate of drug-likeness (QED) is 0.267. The largest absolute Gasteiger partial charge is 0.457 e. The van der Waals surface area contributed by atoms with E-state index in [1.165, 1.54) is 12.1 Å². The van der Waals surface area contributed by atoms with Crippen molar-refractivity contribution in [1.29, 1.82) is 0 Å². The van der Waals surface area contributed by atoms with Gasteiger partial charge in [-0.05, 0) is 93.5 Å². The first-order valence-electron chi connectivity index (χ1n) is 14.2. The average Bonchev–Trinajstić information content (AvgIpc) is 2.92. The van der Waals surface area contributed by atoms with Crippen LogP contribution in [-0.2, 0) is 10.3 Å². The van der Waals surface area contributed by atoms with Crippen LogP contribution in [0.5, 0.6) is 11.5 Å². The van der Waals surface area contributed by atoms with Gasteiger partial charge in [0.1, 0.15) is 17.3 Å². The lowest BCUT2D eigenvalue weighted by molar-refractivity contribution is -0.0564. The number of carbonyl (C=O) groups excluding carboxylic acids is 1. The molecule has 1 heterocycles. The Morgan fingerprint density at radius 3 is 2.64 bits per heavy atom. The van der Waals surface area contributed by atoms with E-state index in [0.29, 0.717) is 50.1 Å². The normalized spacial score (nSPS) is 18.0. The predicted octanol–water partition coefficient (Wildman–Crippen LogP) is 5.68. The standard InChI is InChI=1S/C31H46FN3O4/c1-23(2)19-27(21-33-3)34-30(36)35-17-8-10-25(22-35)31(37,16-5-6-18-38-4)24-9-7-11-29(20-24)39-28-14-12-26(32)13-15-28/h7,9,11-15,20,23,25,27,33,37H,5-6,8,10,16-19,21-22H2,1-4H3,(H,34,36). The van der Waals surface area contributed by atoms with E-state index < -0.39 is 5.60 Å². The molecule has 0 aromatic heterocycles. The molecule has 0 bridgehead atoms. The van der Waals surface area contributed by atoms with Crippen LogP contribution in [0, 0.1) is 17.7 Å². The molecule has 1 aliphatic heterocycles. The Hall–Kier alpha value is -2.68. The smallest absolute Gasteiger partial charge is 0.317 e. The molecule has 7 nitrogen and oxygen atoms in total. The lowest BCUT2D eigenvalue weighted by atomic mass is 9.74. The molecule has 3 rings (SSSR count). The number of hydrogen-bond donors (Lipinski definition) is 3. The first kappa shape index (κ1) is 30.9. The maximum Gasteiger partial charge on any atom is 0.317 e. The van der Waals surface area contributed by atoms with Gasteiger partial charge in [0.15, 0.2) is 0 Å². The fourth-order valence-electron chi connectivity index (χ4n) is 5.52. The van der Waals surface area contributed by atoms with Crippen molar-refractivity contribution < 1.29 is 23.8 Å². The van der Waals surface area contributed by atoms with Crippen molar-refractivity contribution in [3.63, 3.8) is 0 Å². The number of ether oxygens (including phenoxy) is 2. The van der Waals surface area contributed by atoms with Crippen molar-refractivity contribution in [1.82, 2.24) is 15.5 Å². The van der Waals surface area contributed by atoms with Gasteiger partial charge >= 0.3 is 6.03 Å². The zero-order valence-corrected chi connectivity index (χ0v) is 23.9. The lowest BCUT2D eigenvalue weighted by Gasteiger charge is -2.43. The van der Waals surface area contributed by atoms with E-state index in [4.69, 9.17) is 9.47 Å². The Morgan fingerprint density at radius 1 is 1.18 bits per heavy atom. The van der Waals surface area contributed by atoms with Crippen LogP contribution in [0.2, 0.25) is 0 Å². The van der Waals surface area contributed by atoms with Gasteiger partial charge in [0.05, 0.1) is 5.60 Å². The number of amides is 2. The third-order valence-corrected chi connectivity index (χ3v) is 7.46. The molecule has 0 radical (unpaired) electrons. The summed E-state index contributed by atoms with van der Waals surface area (Å²) in [5.41, 5.74) is -0.378. The summed E-state index contributed by atoms with van der Waals surface area (Å²) in [6, 6.07) is 13.3. The van der Waals surface area contributed by atoms with Gasteiger partial charge in [0.25, 0.3) is 0 Å². The van der Waals surface area contributed by atoms with E-state index in [1.54, 1.807) is 19.2 Å². The number of methoxy groups -OCH3 is 1. The van der Waals surface area contributed by atoms with Gasteiger partial charge in [-0.3, -0.25) is 0 Å². The Balaban J connectivity index is 1.80. The molecule has 2 aromatic carbocycles. The van der Waals surface area contributed by atoms with Gasteiger partial charge in [-0.15, -0.1) is 0 Å². The number of nitrogens with zero attached hydrogens (tertiary/aromatic N) is 1. The lowest BCUT2D eigenvalue weighted by Crippen LogP contribution is -2.53. The minimum absolute atomic E-state index is 0.0519. The number of unbranched alkanes of at least 4 members (excludes halogenated alkanes) is 1. The number of likely N-dealkylation sites (N-methyl/N-ethyl adjacent to an activating group) is 1. The Labute approximate surface area is 233 Å². The Kier molecular flexibility index (Phi) is 12.0. The second-order valence-electron chi connectivity index (χ2n) is 11.1.